The van der Waals surface area contributed by atoms with E-state index in [9.17, 15) is 4.79 Å². The number of nitrogens with zero attached hydrogens (tertiary/aromatic N) is 1. The molecule has 1 aliphatic carbocycles. The first kappa shape index (κ1) is 16.1. The minimum atomic E-state index is 0.225. The van der Waals surface area contributed by atoms with Gasteiger partial charge < -0.3 is 9.64 Å². The van der Waals surface area contributed by atoms with Gasteiger partial charge in [0, 0.05) is 24.4 Å². The van der Waals surface area contributed by atoms with Gasteiger partial charge in [-0.3, -0.25) is 4.79 Å². The van der Waals surface area contributed by atoms with Gasteiger partial charge in [0.2, 0.25) is 0 Å². The monoisotopic (exact) mass is 343 g/mol. The summed E-state index contributed by atoms with van der Waals surface area (Å²) < 4.78 is 6.93. The Balaban J connectivity index is 1.52. The topological polar surface area (TPSA) is 29.5 Å². The van der Waals surface area contributed by atoms with E-state index in [0.29, 0.717) is 11.5 Å². The summed E-state index contributed by atoms with van der Waals surface area (Å²) in [6.45, 7) is 8.84. The molecule has 0 bridgehead atoms. The summed E-state index contributed by atoms with van der Waals surface area (Å²) in [6.07, 6.45) is 3.79. The van der Waals surface area contributed by atoms with Crippen molar-refractivity contribution in [2.45, 2.75) is 46.1 Å². The molecule has 0 atom stereocenters. The average molecular weight is 343 g/mol. The fourth-order valence-electron chi connectivity index (χ4n) is 4.38. The first-order valence-electron chi connectivity index (χ1n) is 8.92. The zero-order valence-corrected chi connectivity index (χ0v) is 15.5. The molecule has 0 N–H and O–H groups in total. The van der Waals surface area contributed by atoms with E-state index in [0.717, 1.165) is 49.4 Å². The molecule has 2 fully saturated rings. The Kier molecular flexibility index (Phi) is 3.92. The fourth-order valence-corrected chi connectivity index (χ4v) is 5.54. The third-order valence-corrected chi connectivity index (χ3v) is 7.00. The maximum absolute atomic E-state index is 13.1. The van der Waals surface area contributed by atoms with Gasteiger partial charge in [0.1, 0.15) is 0 Å². The van der Waals surface area contributed by atoms with Crippen molar-refractivity contribution in [2.24, 2.45) is 5.41 Å². The van der Waals surface area contributed by atoms with E-state index in [-0.39, 0.29) is 5.91 Å². The van der Waals surface area contributed by atoms with E-state index in [2.05, 4.69) is 43.9 Å². The Morgan fingerprint density at radius 1 is 1.38 bits per heavy atom. The van der Waals surface area contributed by atoms with Crippen molar-refractivity contribution >= 4 is 27.3 Å². The summed E-state index contributed by atoms with van der Waals surface area (Å²) >= 11 is 1.65. The SMILES string of the molecule is CCOC1CC2(CCN(C(=O)c3sc4ccc(C)cc4c3C)C2)C1. The van der Waals surface area contributed by atoms with Gasteiger partial charge in [-0.05, 0) is 62.5 Å². The standard InChI is InChI=1S/C20H25NO2S/c1-4-23-15-10-20(11-15)7-8-21(12-20)19(22)18-14(3)16-9-13(2)5-6-17(16)24-18/h5-6,9,15H,4,7-8,10-12H2,1-3H3. The molecule has 0 unspecified atom stereocenters. The van der Waals surface area contributed by atoms with Crippen LogP contribution in [0, 0.1) is 19.3 Å². The lowest BCUT2D eigenvalue weighted by Crippen LogP contribution is -2.45. The number of carbonyl (C=O) groups is 1. The summed E-state index contributed by atoms with van der Waals surface area (Å²) in [4.78, 5) is 16.1. The molecule has 2 heterocycles. The van der Waals surface area contributed by atoms with Crippen molar-refractivity contribution in [1.29, 1.82) is 0 Å². The van der Waals surface area contributed by atoms with Crippen LogP contribution in [0.2, 0.25) is 0 Å². The Labute approximate surface area is 147 Å². The number of hydrogen-bond donors (Lipinski definition) is 0. The number of rotatable bonds is 3. The molecular formula is C20H25NO2S. The highest BCUT2D eigenvalue weighted by Gasteiger charge is 2.50. The highest BCUT2D eigenvalue weighted by atomic mass is 32.1. The molecule has 4 rings (SSSR count). The minimum Gasteiger partial charge on any atom is -0.378 e. The summed E-state index contributed by atoms with van der Waals surface area (Å²) in [5, 5.41) is 1.23. The molecule has 1 aliphatic heterocycles. The molecule has 2 aromatic rings. The molecule has 1 saturated heterocycles. The van der Waals surface area contributed by atoms with Crippen LogP contribution in [-0.4, -0.2) is 36.6 Å². The lowest BCUT2D eigenvalue weighted by molar-refractivity contribution is -0.0707. The van der Waals surface area contributed by atoms with Gasteiger partial charge in [-0.15, -0.1) is 11.3 Å². The Hall–Kier alpha value is -1.39. The van der Waals surface area contributed by atoms with Crippen molar-refractivity contribution < 1.29 is 9.53 Å². The van der Waals surface area contributed by atoms with Crippen molar-refractivity contribution in [3.63, 3.8) is 0 Å². The third-order valence-electron chi connectivity index (χ3n) is 5.74. The smallest absolute Gasteiger partial charge is 0.264 e. The maximum atomic E-state index is 13.1. The molecule has 1 saturated carbocycles. The largest absolute Gasteiger partial charge is 0.378 e. The quantitative estimate of drug-likeness (QED) is 0.818. The summed E-state index contributed by atoms with van der Waals surface area (Å²) in [7, 11) is 0. The molecular weight excluding hydrogens is 318 g/mol. The predicted molar refractivity (Wildman–Crippen MR) is 98.9 cm³/mol. The van der Waals surface area contributed by atoms with Crippen molar-refractivity contribution in [1.82, 2.24) is 4.90 Å². The number of likely N-dealkylation sites (tertiary alicyclic amines) is 1. The number of amides is 1. The second kappa shape index (κ2) is 5.85. The van der Waals surface area contributed by atoms with Crippen LogP contribution in [0.4, 0.5) is 0 Å². The third kappa shape index (κ3) is 2.56. The van der Waals surface area contributed by atoms with Crippen LogP contribution in [0.25, 0.3) is 10.1 Å². The van der Waals surface area contributed by atoms with Gasteiger partial charge in [-0.2, -0.15) is 0 Å². The molecule has 128 valence electrons. The number of hydrogen-bond acceptors (Lipinski definition) is 3. The van der Waals surface area contributed by atoms with Crippen molar-refractivity contribution in [3.05, 3.63) is 34.2 Å². The maximum Gasteiger partial charge on any atom is 0.264 e. The number of fused-ring (bicyclic) bond motifs is 1. The van der Waals surface area contributed by atoms with Gasteiger partial charge in [0.15, 0.2) is 0 Å². The highest BCUT2D eigenvalue weighted by molar-refractivity contribution is 7.21. The first-order valence-corrected chi connectivity index (χ1v) is 9.74. The molecule has 1 aromatic carbocycles. The first-order chi connectivity index (χ1) is 11.5. The molecule has 2 aliphatic rings. The summed E-state index contributed by atoms with van der Waals surface area (Å²) in [5.41, 5.74) is 2.72. The van der Waals surface area contributed by atoms with Gasteiger partial charge in [0.05, 0.1) is 11.0 Å². The lowest BCUT2D eigenvalue weighted by Gasteiger charge is -2.44. The number of aryl methyl sites for hydroxylation is 2. The average Bonchev–Trinajstić information content (AvgIpc) is 3.10. The summed E-state index contributed by atoms with van der Waals surface area (Å²) in [5.74, 6) is 0.225. The fraction of sp³-hybridized carbons (Fsp3) is 0.550. The summed E-state index contributed by atoms with van der Waals surface area (Å²) in [6, 6.07) is 6.46. The molecule has 3 nitrogen and oxygen atoms in total. The van der Waals surface area contributed by atoms with Gasteiger partial charge in [-0.25, -0.2) is 0 Å². The Morgan fingerprint density at radius 3 is 2.92 bits per heavy atom. The van der Waals surface area contributed by atoms with Gasteiger partial charge in [-0.1, -0.05) is 17.7 Å². The molecule has 4 heteroatoms. The molecule has 0 radical (unpaired) electrons. The van der Waals surface area contributed by atoms with E-state index >= 15 is 0 Å². The second-order valence-electron chi connectivity index (χ2n) is 7.52. The van der Waals surface area contributed by atoms with E-state index in [1.165, 1.54) is 15.6 Å². The van der Waals surface area contributed by atoms with Gasteiger partial charge >= 0.3 is 0 Å². The zero-order valence-electron chi connectivity index (χ0n) is 14.7. The van der Waals surface area contributed by atoms with E-state index < -0.39 is 0 Å². The van der Waals surface area contributed by atoms with Crippen LogP contribution in [0.15, 0.2) is 18.2 Å². The zero-order chi connectivity index (χ0) is 16.9. The molecule has 1 spiro atoms. The van der Waals surface area contributed by atoms with Crippen molar-refractivity contribution in [3.8, 4) is 0 Å². The van der Waals surface area contributed by atoms with E-state index in [1.54, 1.807) is 11.3 Å². The minimum absolute atomic E-state index is 0.225. The normalized spacial score (nSPS) is 26.3. The number of ether oxygens (including phenoxy) is 1. The molecule has 1 amide bonds. The second-order valence-corrected chi connectivity index (χ2v) is 8.57. The predicted octanol–water partition coefficient (Wildman–Crippen LogP) is 4.55. The van der Waals surface area contributed by atoms with Crippen LogP contribution in [0.3, 0.4) is 0 Å². The van der Waals surface area contributed by atoms with E-state index in [1.807, 2.05) is 0 Å². The van der Waals surface area contributed by atoms with Crippen LogP contribution in [0.1, 0.15) is 47.0 Å². The number of thiophene rings is 1. The van der Waals surface area contributed by atoms with Gasteiger partial charge in [0.25, 0.3) is 5.91 Å². The van der Waals surface area contributed by atoms with Crippen LogP contribution in [0.5, 0.6) is 0 Å². The van der Waals surface area contributed by atoms with Crippen molar-refractivity contribution in [2.75, 3.05) is 19.7 Å². The molecule has 24 heavy (non-hydrogen) atoms. The Bertz CT molecular complexity index is 788. The van der Waals surface area contributed by atoms with E-state index in [4.69, 9.17) is 4.74 Å². The van der Waals surface area contributed by atoms with Crippen LogP contribution < -0.4 is 0 Å². The Morgan fingerprint density at radius 2 is 2.17 bits per heavy atom. The van der Waals surface area contributed by atoms with Crippen LogP contribution >= 0.6 is 11.3 Å². The highest BCUT2D eigenvalue weighted by Crippen LogP contribution is 2.50. The lowest BCUT2D eigenvalue weighted by atomic mass is 9.66. The number of benzene rings is 1. The molecule has 1 aromatic heterocycles. The van der Waals surface area contributed by atoms with Crippen LogP contribution in [-0.2, 0) is 4.74 Å². The number of carbonyl (C=O) groups excluding carboxylic acids is 1.